The fraction of sp³-hybridized carbons (Fsp3) is 0.348. The summed E-state index contributed by atoms with van der Waals surface area (Å²) in [5.41, 5.74) is 1.77. The van der Waals surface area contributed by atoms with Crippen LogP contribution in [0.25, 0.3) is 11.0 Å². The van der Waals surface area contributed by atoms with Crippen molar-refractivity contribution in [3.8, 4) is 0 Å². The molecule has 0 aliphatic carbocycles. The van der Waals surface area contributed by atoms with Crippen molar-refractivity contribution in [1.29, 1.82) is 0 Å². The predicted octanol–water partition coefficient (Wildman–Crippen LogP) is 5.49. The molecule has 1 saturated heterocycles. The zero-order chi connectivity index (χ0) is 23.0. The molecule has 2 aromatic carbocycles. The zero-order valence-corrected chi connectivity index (χ0v) is 18.4. The number of amides is 1. The summed E-state index contributed by atoms with van der Waals surface area (Å²) in [6.45, 7) is 4.89. The molecule has 1 N–H and O–H groups in total. The number of likely N-dealkylation sites (tertiary alicyclic amines) is 1. The van der Waals surface area contributed by atoms with Gasteiger partial charge >= 0.3 is 6.18 Å². The van der Waals surface area contributed by atoms with Gasteiger partial charge in [-0.05, 0) is 56.0 Å². The van der Waals surface area contributed by atoms with Crippen LogP contribution >= 0.6 is 11.6 Å². The number of alkyl halides is 3. The molecule has 1 fully saturated rings. The number of benzene rings is 2. The maximum absolute atomic E-state index is 13.4. The fourth-order valence-corrected chi connectivity index (χ4v) is 4.07. The van der Waals surface area contributed by atoms with Crippen LogP contribution in [0.15, 0.2) is 36.5 Å². The van der Waals surface area contributed by atoms with Gasteiger partial charge in [0.1, 0.15) is 5.82 Å². The normalized spacial score (nSPS) is 16.6. The molecule has 32 heavy (non-hydrogen) atoms. The largest absolute Gasteiger partial charge is 0.417 e. The number of fused-ring (bicyclic) bond motifs is 1. The number of anilines is 1. The molecule has 9 heteroatoms. The van der Waals surface area contributed by atoms with Gasteiger partial charge < -0.3 is 10.2 Å². The van der Waals surface area contributed by atoms with E-state index in [1.165, 1.54) is 17.0 Å². The van der Waals surface area contributed by atoms with Gasteiger partial charge in [-0.2, -0.15) is 13.2 Å². The Morgan fingerprint density at radius 2 is 2.00 bits per heavy atom. The summed E-state index contributed by atoms with van der Waals surface area (Å²) in [6, 6.07) is 7.29. The monoisotopic (exact) mass is 462 g/mol. The number of halogens is 4. The highest BCUT2D eigenvalue weighted by atomic mass is 35.5. The summed E-state index contributed by atoms with van der Waals surface area (Å²) in [7, 11) is 0. The Labute approximate surface area is 188 Å². The Hall–Kier alpha value is -2.87. The van der Waals surface area contributed by atoms with Crippen molar-refractivity contribution >= 4 is 34.4 Å². The SMILES string of the molecule is Cc1ccc(C(F)(F)F)c(C(=O)N2CCC(CNc3cnc4cc(C)c(Cl)cc4n3)C2)c1. The predicted molar refractivity (Wildman–Crippen MR) is 118 cm³/mol. The molecule has 1 unspecified atom stereocenters. The van der Waals surface area contributed by atoms with Gasteiger partial charge in [0.05, 0.1) is 28.4 Å². The number of aryl methyl sites for hydroxylation is 2. The van der Waals surface area contributed by atoms with Crippen molar-refractivity contribution in [1.82, 2.24) is 14.9 Å². The standard InChI is InChI=1S/C23H22ClF3N4O/c1-13-3-4-17(23(25,26)27)16(7-13)22(32)31-6-5-15(12-31)10-29-21-11-28-19-8-14(2)18(24)9-20(19)30-21/h3-4,7-9,11,15H,5-6,10,12H2,1-2H3,(H,29,30). The molecule has 5 nitrogen and oxygen atoms in total. The minimum atomic E-state index is -4.57. The molecule has 1 aliphatic heterocycles. The first kappa shape index (κ1) is 22.3. The van der Waals surface area contributed by atoms with Crippen molar-refractivity contribution < 1.29 is 18.0 Å². The molecule has 1 aliphatic rings. The van der Waals surface area contributed by atoms with Gasteiger partial charge in [0.25, 0.3) is 5.91 Å². The van der Waals surface area contributed by atoms with E-state index < -0.39 is 17.6 Å². The second-order valence-corrected chi connectivity index (χ2v) is 8.59. The lowest BCUT2D eigenvalue weighted by atomic mass is 10.0. The van der Waals surface area contributed by atoms with E-state index in [0.29, 0.717) is 48.0 Å². The number of carbonyl (C=O) groups excluding carboxylic acids is 1. The molecule has 1 atom stereocenters. The molecule has 2 heterocycles. The van der Waals surface area contributed by atoms with E-state index in [0.717, 1.165) is 17.1 Å². The number of rotatable bonds is 4. The van der Waals surface area contributed by atoms with Crippen molar-refractivity contribution in [2.24, 2.45) is 5.92 Å². The lowest BCUT2D eigenvalue weighted by Gasteiger charge is -2.20. The van der Waals surface area contributed by atoms with Crippen LogP contribution in [-0.2, 0) is 6.18 Å². The van der Waals surface area contributed by atoms with Crippen molar-refractivity contribution in [2.75, 3.05) is 25.0 Å². The van der Waals surface area contributed by atoms with E-state index in [1.54, 1.807) is 19.2 Å². The second-order valence-electron chi connectivity index (χ2n) is 8.18. The van der Waals surface area contributed by atoms with Gasteiger partial charge in [-0.1, -0.05) is 23.2 Å². The molecule has 168 valence electrons. The number of hydrogen-bond acceptors (Lipinski definition) is 4. The van der Waals surface area contributed by atoms with Crippen LogP contribution in [0.4, 0.5) is 19.0 Å². The molecule has 0 saturated carbocycles. The van der Waals surface area contributed by atoms with Crippen molar-refractivity contribution in [2.45, 2.75) is 26.4 Å². The summed E-state index contributed by atoms with van der Waals surface area (Å²) >= 11 is 6.17. The summed E-state index contributed by atoms with van der Waals surface area (Å²) < 4.78 is 40.1. The Morgan fingerprint density at radius 3 is 2.75 bits per heavy atom. The van der Waals surface area contributed by atoms with Crippen molar-refractivity contribution in [3.63, 3.8) is 0 Å². The first-order valence-corrected chi connectivity index (χ1v) is 10.6. The molecule has 0 radical (unpaired) electrons. The molecular formula is C23H22ClF3N4O. The van der Waals surface area contributed by atoms with Crippen molar-refractivity contribution in [3.05, 3.63) is 63.8 Å². The fourth-order valence-electron chi connectivity index (χ4n) is 3.91. The molecule has 1 amide bonds. The Morgan fingerprint density at radius 1 is 1.22 bits per heavy atom. The number of aromatic nitrogens is 2. The Bertz CT molecular complexity index is 1180. The molecular weight excluding hydrogens is 441 g/mol. The lowest BCUT2D eigenvalue weighted by molar-refractivity contribution is -0.138. The quantitative estimate of drug-likeness (QED) is 0.556. The van der Waals surface area contributed by atoms with E-state index in [9.17, 15) is 18.0 Å². The summed E-state index contributed by atoms with van der Waals surface area (Å²) in [6.07, 6.45) is -2.25. The smallest absolute Gasteiger partial charge is 0.368 e. The van der Waals surface area contributed by atoms with Crippen LogP contribution in [0.3, 0.4) is 0 Å². The van der Waals surface area contributed by atoms with Crippen LogP contribution in [0.1, 0.15) is 33.5 Å². The maximum atomic E-state index is 13.4. The topological polar surface area (TPSA) is 58.1 Å². The summed E-state index contributed by atoms with van der Waals surface area (Å²) in [5, 5.41) is 3.84. The maximum Gasteiger partial charge on any atom is 0.417 e. The molecule has 4 rings (SSSR count). The zero-order valence-electron chi connectivity index (χ0n) is 17.6. The molecule has 0 bridgehead atoms. The highest BCUT2D eigenvalue weighted by Crippen LogP contribution is 2.34. The molecule has 1 aromatic heterocycles. The van der Waals surface area contributed by atoms with Gasteiger partial charge in [-0.15, -0.1) is 0 Å². The van der Waals surface area contributed by atoms with Gasteiger partial charge in [-0.25, -0.2) is 4.98 Å². The van der Waals surface area contributed by atoms with Crippen LogP contribution in [-0.4, -0.2) is 40.4 Å². The second kappa shape index (κ2) is 8.58. The van der Waals surface area contributed by atoms with E-state index in [-0.39, 0.29) is 11.5 Å². The van der Waals surface area contributed by atoms with Gasteiger partial charge in [0, 0.05) is 24.7 Å². The van der Waals surface area contributed by atoms with E-state index in [4.69, 9.17) is 11.6 Å². The number of nitrogens with one attached hydrogen (secondary N) is 1. The van der Waals surface area contributed by atoms with Crippen LogP contribution < -0.4 is 5.32 Å². The minimum absolute atomic E-state index is 0.0946. The summed E-state index contributed by atoms with van der Waals surface area (Å²) in [4.78, 5) is 23.3. The third-order valence-electron chi connectivity index (χ3n) is 5.68. The van der Waals surface area contributed by atoms with E-state index >= 15 is 0 Å². The Kier molecular flexibility index (Phi) is 5.99. The number of carbonyl (C=O) groups is 1. The average molecular weight is 463 g/mol. The first-order chi connectivity index (χ1) is 15.1. The average Bonchev–Trinajstić information content (AvgIpc) is 3.20. The first-order valence-electron chi connectivity index (χ1n) is 10.3. The Balaban J connectivity index is 1.42. The minimum Gasteiger partial charge on any atom is -0.368 e. The third kappa shape index (κ3) is 4.65. The van der Waals surface area contributed by atoms with E-state index in [1.807, 2.05) is 13.0 Å². The molecule has 3 aromatic rings. The van der Waals surface area contributed by atoms with Crippen LogP contribution in [0.2, 0.25) is 5.02 Å². The third-order valence-corrected chi connectivity index (χ3v) is 6.09. The number of nitrogens with zero attached hydrogens (tertiary/aromatic N) is 3. The molecule has 0 spiro atoms. The van der Waals surface area contributed by atoms with E-state index in [2.05, 4.69) is 15.3 Å². The van der Waals surface area contributed by atoms with Gasteiger partial charge in [0.15, 0.2) is 0 Å². The highest BCUT2D eigenvalue weighted by Gasteiger charge is 2.37. The van der Waals surface area contributed by atoms with Crippen LogP contribution in [0.5, 0.6) is 0 Å². The van der Waals surface area contributed by atoms with Crippen LogP contribution in [0, 0.1) is 19.8 Å². The number of hydrogen-bond donors (Lipinski definition) is 1. The summed E-state index contributed by atoms with van der Waals surface area (Å²) in [5.74, 6) is 0.0940. The van der Waals surface area contributed by atoms with Gasteiger partial charge in [-0.3, -0.25) is 9.78 Å². The highest BCUT2D eigenvalue weighted by molar-refractivity contribution is 6.32. The van der Waals surface area contributed by atoms with Gasteiger partial charge in [0.2, 0.25) is 0 Å². The lowest BCUT2D eigenvalue weighted by Crippen LogP contribution is -2.31.